The van der Waals surface area contributed by atoms with E-state index in [9.17, 15) is 13.6 Å². The van der Waals surface area contributed by atoms with E-state index in [1.54, 1.807) is 0 Å². The van der Waals surface area contributed by atoms with Crippen molar-refractivity contribution in [2.45, 2.75) is 6.92 Å². The highest BCUT2D eigenvalue weighted by Gasteiger charge is 2.14. The first-order chi connectivity index (χ1) is 5.52. The Morgan fingerprint density at radius 3 is 2.42 bits per heavy atom. The van der Waals surface area contributed by atoms with Crippen molar-refractivity contribution < 1.29 is 18.7 Å². The Balaban J connectivity index is 3.38. The van der Waals surface area contributed by atoms with Crippen molar-refractivity contribution in [3.05, 3.63) is 34.9 Å². The summed E-state index contributed by atoms with van der Waals surface area (Å²) in [7, 11) is 0. The van der Waals surface area contributed by atoms with Gasteiger partial charge >= 0.3 is 5.97 Å². The molecule has 0 aliphatic carbocycles. The monoisotopic (exact) mass is 172 g/mol. The van der Waals surface area contributed by atoms with Crippen molar-refractivity contribution >= 4 is 5.97 Å². The zero-order valence-corrected chi connectivity index (χ0v) is 6.27. The first-order valence-corrected chi connectivity index (χ1v) is 3.21. The van der Waals surface area contributed by atoms with Gasteiger partial charge in [-0.25, -0.2) is 13.6 Å². The van der Waals surface area contributed by atoms with E-state index >= 15 is 0 Å². The third kappa shape index (κ3) is 1.42. The lowest BCUT2D eigenvalue weighted by Gasteiger charge is -2.01. The number of hydrogen-bond donors (Lipinski definition) is 1. The second-order valence-electron chi connectivity index (χ2n) is 2.38. The molecular formula is C8H6F2O2. The number of carboxylic acids is 1. The molecule has 0 radical (unpaired) electrons. The van der Waals surface area contributed by atoms with Crippen LogP contribution in [0.25, 0.3) is 0 Å². The van der Waals surface area contributed by atoms with E-state index in [0.29, 0.717) is 6.07 Å². The SMILES string of the molecule is Cc1cc(F)cc(F)c1C(=O)O. The first kappa shape index (κ1) is 8.64. The molecule has 0 bridgehead atoms. The van der Waals surface area contributed by atoms with Gasteiger partial charge in [-0.05, 0) is 18.6 Å². The average Bonchev–Trinajstić information content (AvgIpc) is 1.82. The van der Waals surface area contributed by atoms with Crippen LogP contribution in [0.4, 0.5) is 8.78 Å². The Morgan fingerprint density at radius 2 is 2.00 bits per heavy atom. The lowest BCUT2D eigenvalue weighted by Crippen LogP contribution is -2.04. The van der Waals surface area contributed by atoms with Crippen LogP contribution in [-0.2, 0) is 0 Å². The summed E-state index contributed by atoms with van der Waals surface area (Å²) in [6, 6.07) is 1.53. The van der Waals surface area contributed by atoms with Crippen LogP contribution in [0.3, 0.4) is 0 Å². The molecule has 2 nitrogen and oxygen atoms in total. The summed E-state index contributed by atoms with van der Waals surface area (Å²) in [5.41, 5.74) is -0.392. The number of aryl methyl sites for hydroxylation is 1. The predicted octanol–water partition coefficient (Wildman–Crippen LogP) is 1.97. The fourth-order valence-corrected chi connectivity index (χ4v) is 0.973. The fraction of sp³-hybridized carbons (Fsp3) is 0.125. The van der Waals surface area contributed by atoms with Crippen LogP contribution >= 0.6 is 0 Å². The number of benzene rings is 1. The van der Waals surface area contributed by atoms with Gasteiger partial charge < -0.3 is 5.11 Å². The molecule has 64 valence electrons. The van der Waals surface area contributed by atoms with Gasteiger partial charge in [0.1, 0.15) is 11.6 Å². The lowest BCUT2D eigenvalue weighted by molar-refractivity contribution is 0.0691. The van der Waals surface area contributed by atoms with E-state index in [4.69, 9.17) is 5.11 Å². The van der Waals surface area contributed by atoms with Crippen LogP contribution in [0.15, 0.2) is 12.1 Å². The third-order valence-corrected chi connectivity index (χ3v) is 1.47. The summed E-state index contributed by atoms with van der Waals surface area (Å²) >= 11 is 0. The van der Waals surface area contributed by atoms with Crippen LogP contribution in [0.2, 0.25) is 0 Å². The molecule has 0 aliphatic heterocycles. The maximum Gasteiger partial charge on any atom is 0.338 e. The molecule has 0 spiro atoms. The van der Waals surface area contributed by atoms with Crippen LogP contribution in [0.1, 0.15) is 15.9 Å². The molecular weight excluding hydrogens is 166 g/mol. The van der Waals surface area contributed by atoms with Crippen molar-refractivity contribution in [1.29, 1.82) is 0 Å². The first-order valence-electron chi connectivity index (χ1n) is 3.21. The van der Waals surface area contributed by atoms with Crippen molar-refractivity contribution in [3.8, 4) is 0 Å². The molecule has 0 unspecified atom stereocenters. The zero-order chi connectivity index (χ0) is 9.30. The summed E-state index contributed by atoms with van der Waals surface area (Å²) < 4.78 is 25.2. The van der Waals surface area contributed by atoms with Gasteiger partial charge in [-0.15, -0.1) is 0 Å². The maximum atomic E-state index is 12.7. The molecule has 4 heteroatoms. The maximum absolute atomic E-state index is 12.7. The van der Waals surface area contributed by atoms with Gasteiger partial charge in [0, 0.05) is 6.07 Å². The summed E-state index contributed by atoms with van der Waals surface area (Å²) in [6.07, 6.45) is 0. The largest absolute Gasteiger partial charge is 0.478 e. The van der Waals surface area contributed by atoms with Crippen molar-refractivity contribution in [1.82, 2.24) is 0 Å². The minimum Gasteiger partial charge on any atom is -0.478 e. The number of carboxylic acid groups (broad SMARTS) is 1. The summed E-state index contributed by atoms with van der Waals surface area (Å²) in [5, 5.41) is 8.47. The van der Waals surface area contributed by atoms with Crippen LogP contribution in [0, 0.1) is 18.6 Å². The van der Waals surface area contributed by atoms with Gasteiger partial charge in [0.05, 0.1) is 5.56 Å². The van der Waals surface area contributed by atoms with E-state index in [0.717, 1.165) is 6.07 Å². The van der Waals surface area contributed by atoms with Gasteiger partial charge in [0.2, 0.25) is 0 Å². The predicted molar refractivity (Wildman–Crippen MR) is 38.1 cm³/mol. The zero-order valence-electron chi connectivity index (χ0n) is 6.27. The summed E-state index contributed by atoms with van der Waals surface area (Å²) in [6.45, 7) is 1.34. The van der Waals surface area contributed by atoms with E-state index in [-0.39, 0.29) is 5.56 Å². The van der Waals surface area contributed by atoms with Gasteiger partial charge in [-0.2, -0.15) is 0 Å². The molecule has 1 N–H and O–H groups in total. The number of aromatic carboxylic acids is 1. The van der Waals surface area contributed by atoms with Crippen molar-refractivity contribution in [2.75, 3.05) is 0 Å². The molecule has 0 amide bonds. The van der Waals surface area contributed by atoms with E-state index < -0.39 is 23.2 Å². The second-order valence-corrected chi connectivity index (χ2v) is 2.38. The molecule has 1 aromatic rings. The molecule has 0 heterocycles. The Bertz CT molecular complexity index is 311. The van der Waals surface area contributed by atoms with Gasteiger partial charge in [-0.3, -0.25) is 0 Å². The van der Waals surface area contributed by atoms with Gasteiger partial charge in [-0.1, -0.05) is 0 Å². The Kier molecular flexibility index (Phi) is 2.08. The molecule has 0 atom stereocenters. The lowest BCUT2D eigenvalue weighted by atomic mass is 10.1. The van der Waals surface area contributed by atoms with E-state index in [1.807, 2.05) is 0 Å². The number of carbonyl (C=O) groups is 1. The summed E-state index contributed by atoms with van der Waals surface area (Å²) in [4.78, 5) is 10.4. The minimum atomic E-state index is -1.38. The normalized spacial score (nSPS) is 9.92. The fourth-order valence-electron chi connectivity index (χ4n) is 0.973. The number of hydrogen-bond acceptors (Lipinski definition) is 1. The molecule has 1 rings (SSSR count). The smallest absolute Gasteiger partial charge is 0.338 e. The van der Waals surface area contributed by atoms with Crippen molar-refractivity contribution in [3.63, 3.8) is 0 Å². The molecule has 0 saturated carbocycles. The highest BCUT2D eigenvalue weighted by molar-refractivity contribution is 5.89. The third-order valence-electron chi connectivity index (χ3n) is 1.47. The molecule has 0 fully saturated rings. The Labute approximate surface area is 67.4 Å². The summed E-state index contributed by atoms with van der Waals surface area (Å²) in [5.74, 6) is -3.19. The highest BCUT2D eigenvalue weighted by atomic mass is 19.1. The molecule has 1 aromatic carbocycles. The average molecular weight is 172 g/mol. The van der Waals surface area contributed by atoms with Crippen LogP contribution < -0.4 is 0 Å². The Morgan fingerprint density at radius 1 is 1.42 bits per heavy atom. The number of rotatable bonds is 1. The number of halogens is 2. The van der Waals surface area contributed by atoms with Gasteiger partial charge in [0.25, 0.3) is 0 Å². The molecule has 0 saturated heterocycles. The van der Waals surface area contributed by atoms with E-state index in [1.165, 1.54) is 6.92 Å². The second kappa shape index (κ2) is 2.89. The minimum absolute atomic E-state index is 0.0833. The quantitative estimate of drug-likeness (QED) is 0.703. The topological polar surface area (TPSA) is 37.3 Å². The Hall–Kier alpha value is -1.45. The van der Waals surface area contributed by atoms with E-state index in [2.05, 4.69) is 0 Å². The molecule has 0 aromatic heterocycles. The molecule has 12 heavy (non-hydrogen) atoms. The van der Waals surface area contributed by atoms with Crippen LogP contribution in [0.5, 0.6) is 0 Å². The van der Waals surface area contributed by atoms with Gasteiger partial charge in [0.15, 0.2) is 0 Å². The van der Waals surface area contributed by atoms with Crippen LogP contribution in [-0.4, -0.2) is 11.1 Å². The standard InChI is InChI=1S/C8H6F2O2/c1-4-2-5(9)3-6(10)7(4)8(11)12/h2-3H,1H3,(H,11,12). The molecule has 0 aliphatic rings. The highest BCUT2D eigenvalue weighted by Crippen LogP contribution is 2.14. The van der Waals surface area contributed by atoms with Crippen molar-refractivity contribution in [2.24, 2.45) is 0 Å².